The van der Waals surface area contributed by atoms with Gasteiger partial charge in [-0.3, -0.25) is 4.79 Å². The van der Waals surface area contributed by atoms with Crippen molar-refractivity contribution < 1.29 is 4.79 Å². The molecule has 0 spiro atoms. The monoisotopic (exact) mass is 407 g/mol. The number of aryl methyl sites for hydroxylation is 3. The number of hydrogen-bond donors (Lipinski definition) is 1. The SMILES string of the molecule is Cc1ccc2nc(SCC(=O)Nc3sc4c(c3C#N)CCCC4)c(C)cc2c1. The third-order valence-corrected chi connectivity index (χ3v) is 7.29. The molecule has 0 fully saturated rings. The second-order valence-corrected chi connectivity index (χ2v) is 9.24. The molecule has 3 aromatic rings. The zero-order chi connectivity index (χ0) is 19.7. The molecule has 1 N–H and O–H groups in total. The van der Waals surface area contributed by atoms with Crippen LogP contribution in [0.25, 0.3) is 10.9 Å². The molecule has 4 rings (SSSR count). The first-order valence-corrected chi connectivity index (χ1v) is 11.2. The second kappa shape index (κ2) is 7.94. The first-order valence-electron chi connectivity index (χ1n) is 9.40. The van der Waals surface area contributed by atoms with Crippen molar-refractivity contribution in [2.24, 2.45) is 0 Å². The predicted molar refractivity (Wildman–Crippen MR) is 116 cm³/mol. The molecular weight excluding hydrogens is 386 g/mol. The number of fused-ring (bicyclic) bond motifs is 2. The number of thioether (sulfide) groups is 1. The van der Waals surface area contributed by atoms with Gasteiger partial charge in [-0.05, 0) is 68.9 Å². The maximum atomic E-state index is 12.5. The molecule has 6 heteroatoms. The van der Waals surface area contributed by atoms with Crippen molar-refractivity contribution in [3.8, 4) is 6.07 Å². The van der Waals surface area contributed by atoms with Gasteiger partial charge >= 0.3 is 0 Å². The van der Waals surface area contributed by atoms with Gasteiger partial charge in [-0.2, -0.15) is 5.26 Å². The number of carbonyl (C=O) groups is 1. The van der Waals surface area contributed by atoms with Crippen molar-refractivity contribution >= 4 is 44.9 Å². The van der Waals surface area contributed by atoms with Crippen LogP contribution in [0.15, 0.2) is 29.3 Å². The molecule has 0 saturated carbocycles. The highest BCUT2D eigenvalue weighted by Gasteiger charge is 2.21. The Balaban J connectivity index is 1.47. The summed E-state index contributed by atoms with van der Waals surface area (Å²) in [5.41, 5.74) is 5.02. The lowest BCUT2D eigenvalue weighted by atomic mass is 9.96. The van der Waals surface area contributed by atoms with Gasteiger partial charge in [-0.15, -0.1) is 11.3 Å². The van der Waals surface area contributed by atoms with Gasteiger partial charge in [-0.1, -0.05) is 23.4 Å². The highest BCUT2D eigenvalue weighted by molar-refractivity contribution is 8.00. The highest BCUT2D eigenvalue weighted by Crippen LogP contribution is 2.37. The summed E-state index contributed by atoms with van der Waals surface area (Å²) in [7, 11) is 0. The molecule has 0 radical (unpaired) electrons. The van der Waals surface area contributed by atoms with E-state index in [1.54, 1.807) is 11.3 Å². The number of pyridine rings is 1. The number of benzene rings is 1. The molecule has 2 aromatic heterocycles. The molecule has 28 heavy (non-hydrogen) atoms. The molecule has 0 bridgehead atoms. The Morgan fingerprint density at radius 2 is 2.11 bits per heavy atom. The standard InChI is InChI=1S/C22H21N3OS2/c1-13-7-8-18-15(9-13)10-14(2)21(24-18)27-12-20(26)25-22-17(11-23)16-5-3-4-6-19(16)28-22/h7-10H,3-6,12H2,1-2H3,(H,25,26). The van der Waals surface area contributed by atoms with E-state index in [0.29, 0.717) is 10.6 Å². The largest absolute Gasteiger partial charge is 0.316 e. The Morgan fingerprint density at radius 3 is 2.93 bits per heavy atom. The first-order chi connectivity index (χ1) is 13.5. The fraction of sp³-hybridized carbons (Fsp3) is 0.318. The molecule has 0 unspecified atom stereocenters. The molecular formula is C22H21N3OS2. The van der Waals surface area contributed by atoms with Gasteiger partial charge in [0.25, 0.3) is 0 Å². The topological polar surface area (TPSA) is 65.8 Å². The van der Waals surface area contributed by atoms with Crippen molar-refractivity contribution in [1.82, 2.24) is 4.98 Å². The summed E-state index contributed by atoms with van der Waals surface area (Å²) >= 11 is 3.00. The van der Waals surface area contributed by atoms with E-state index in [0.717, 1.165) is 52.7 Å². The van der Waals surface area contributed by atoms with Crippen LogP contribution >= 0.6 is 23.1 Å². The number of nitrogens with zero attached hydrogens (tertiary/aromatic N) is 2. The van der Waals surface area contributed by atoms with Crippen LogP contribution in [0, 0.1) is 25.2 Å². The Hall–Kier alpha value is -2.36. The Labute approximate surface area is 173 Å². The number of thiophene rings is 1. The molecule has 0 atom stereocenters. The van der Waals surface area contributed by atoms with Crippen LogP contribution in [0.3, 0.4) is 0 Å². The van der Waals surface area contributed by atoms with E-state index < -0.39 is 0 Å². The summed E-state index contributed by atoms with van der Waals surface area (Å²) in [6.07, 6.45) is 4.24. The number of carbonyl (C=O) groups excluding carboxylic acids is 1. The van der Waals surface area contributed by atoms with E-state index in [4.69, 9.17) is 4.98 Å². The van der Waals surface area contributed by atoms with E-state index in [9.17, 15) is 10.1 Å². The van der Waals surface area contributed by atoms with E-state index in [1.165, 1.54) is 22.2 Å². The Morgan fingerprint density at radius 1 is 1.29 bits per heavy atom. The number of aromatic nitrogens is 1. The lowest BCUT2D eigenvalue weighted by Gasteiger charge is -2.09. The predicted octanol–water partition coefficient (Wildman–Crippen LogP) is 5.39. The van der Waals surface area contributed by atoms with Gasteiger partial charge in [0.05, 0.1) is 16.8 Å². The molecule has 1 amide bonds. The zero-order valence-electron chi connectivity index (χ0n) is 16.0. The number of nitrogens with one attached hydrogen (secondary N) is 1. The fourth-order valence-electron chi connectivity index (χ4n) is 3.60. The fourth-order valence-corrected chi connectivity index (χ4v) is 5.64. The smallest absolute Gasteiger partial charge is 0.235 e. The summed E-state index contributed by atoms with van der Waals surface area (Å²) in [4.78, 5) is 18.5. The molecule has 1 aliphatic carbocycles. The quantitative estimate of drug-likeness (QED) is 0.589. The third-order valence-electron chi connectivity index (χ3n) is 4.99. The maximum Gasteiger partial charge on any atom is 0.235 e. The van der Waals surface area contributed by atoms with Crippen LogP contribution in [-0.2, 0) is 17.6 Å². The minimum absolute atomic E-state index is 0.0923. The summed E-state index contributed by atoms with van der Waals surface area (Å²) in [6, 6.07) is 10.6. The summed E-state index contributed by atoms with van der Waals surface area (Å²) < 4.78 is 0. The zero-order valence-corrected chi connectivity index (χ0v) is 17.6. The number of rotatable bonds is 4. The van der Waals surface area contributed by atoms with Gasteiger partial charge in [0.15, 0.2) is 0 Å². The van der Waals surface area contributed by atoms with Crippen molar-refractivity contribution in [3.05, 3.63) is 51.4 Å². The van der Waals surface area contributed by atoms with E-state index in [2.05, 4.69) is 30.4 Å². The molecule has 0 aliphatic heterocycles. The van der Waals surface area contributed by atoms with Crippen LogP contribution in [0.2, 0.25) is 0 Å². The number of nitriles is 1. The molecule has 2 heterocycles. The van der Waals surface area contributed by atoms with E-state index >= 15 is 0 Å². The molecule has 0 saturated heterocycles. The van der Waals surface area contributed by atoms with Crippen LogP contribution in [-0.4, -0.2) is 16.6 Å². The van der Waals surface area contributed by atoms with Gasteiger partial charge in [0.2, 0.25) is 5.91 Å². The van der Waals surface area contributed by atoms with Crippen LogP contribution in [0.4, 0.5) is 5.00 Å². The van der Waals surface area contributed by atoms with E-state index in [-0.39, 0.29) is 11.7 Å². The maximum absolute atomic E-state index is 12.5. The van der Waals surface area contributed by atoms with Crippen LogP contribution < -0.4 is 5.32 Å². The normalized spacial score (nSPS) is 13.2. The molecule has 4 nitrogen and oxygen atoms in total. The lowest BCUT2D eigenvalue weighted by molar-refractivity contribution is -0.113. The minimum atomic E-state index is -0.0923. The van der Waals surface area contributed by atoms with Crippen molar-refractivity contribution in [1.29, 1.82) is 5.26 Å². The first kappa shape index (κ1) is 19.0. The summed E-state index contributed by atoms with van der Waals surface area (Å²) in [5, 5.41) is 15.2. The molecule has 142 valence electrons. The molecule has 1 aromatic carbocycles. The second-order valence-electron chi connectivity index (χ2n) is 7.17. The van der Waals surface area contributed by atoms with Crippen molar-refractivity contribution in [2.45, 2.75) is 44.6 Å². The van der Waals surface area contributed by atoms with E-state index in [1.807, 2.05) is 19.1 Å². The number of amides is 1. The number of hydrogen-bond acceptors (Lipinski definition) is 5. The Kier molecular flexibility index (Phi) is 5.38. The van der Waals surface area contributed by atoms with Gasteiger partial charge in [0, 0.05) is 10.3 Å². The van der Waals surface area contributed by atoms with Crippen LogP contribution in [0.1, 0.15) is 40.0 Å². The average Bonchev–Trinajstić information content (AvgIpc) is 3.03. The minimum Gasteiger partial charge on any atom is -0.316 e. The van der Waals surface area contributed by atoms with Crippen molar-refractivity contribution in [3.63, 3.8) is 0 Å². The average molecular weight is 408 g/mol. The van der Waals surface area contributed by atoms with Gasteiger partial charge < -0.3 is 5.32 Å². The van der Waals surface area contributed by atoms with Crippen molar-refractivity contribution in [2.75, 3.05) is 11.1 Å². The van der Waals surface area contributed by atoms with Gasteiger partial charge in [-0.25, -0.2) is 4.98 Å². The lowest BCUT2D eigenvalue weighted by Crippen LogP contribution is -2.14. The summed E-state index contributed by atoms with van der Waals surface area (Å²) in [5.74, 6) is 0.184. The molecule has 1 aliphatic rings. The van der Waals surface area contributed by atoms with Gasteiger partial charge in [0.1, 0.15) is 16.1 Å². The highest BCUT2D eigenvalue weighted by atomic mass is 32.2. The number of anilines is 1. The van der Waals surface area contributed by atoms with Crippen LogP contribution in [0.5, 0.6) is 0 Å². The third kappa shape index (κ3) is 3.78. The Bertz CT molecular complexity index is 1110. The summed E-state index contributed by atoms with van der Waals surface area (Å²) in [6.45, 7) is 4.09.